The Morgan fingerprint density at radius 2 is 1.95 bits per heavy atom. The molecule has 0 radical (unpaired) electrons. The molecule has 1 amide bonds. The Morgan fingerprint density at radius 3 is 2.37 bits per heavy atom. The van der Waals surface area contributed by atoms with Gasteiger partial charge in [0, 0.05) is 0 Å². The van der Waals surface area contributed by atoms with Crippen LogP contribution in [0.5, 0.6) is 0 Å². The molecule has 9 nitrogen and oxygen atoms in total. The van der Waals surface area contributed by atoms with Crippen LogP contribution in [0.1, 0.15) is 19.8 Å². The van der Waals surface area contributed by atoms with E-state index >= 15 is 0 Å². The number of ether oxygens (including phenoxy) is 1. The van der Waals surface area contributed by atoms with Crippen LogP contribution >= 0.6 is 0 Å². The average Bonchev–Trinajstić information content (AvgIpc) is 2.22. The maximum absolute atomic E-state index is 11.1. The summed E-state index contributed by atoms with van der Waals surface area (Å²) in [7, 11) is -4.76. The summed E-state index contributed by atoms with van der Waals surface area (Å²) in [6.45, 7) is 1.06. The summed E-state index contributed by atoms with van der Waals surface area (Å²) < 4.78 is 37.2. The van der Waals surface area contributed by atoms with Gasteiger partial charge in [0.1, 0.15) is 0 Å². The number of carbonyl (C=O) groups is 2. The van der Waals surface area contributed by atoms with Gasteiger partial charge in [-0.2, -0.15) is 8.42 Å². The first-order valence-electron chi connectivity index (χ1n) is 5.04. The SMILES string of the molecule is CCCCOC(=O)N[C@@H](COS(=O)(=O)O)C(=O)O.[NaH]. The van der Waals surface area contributed by atoms with Crippen molar-refractivity contribution in [3.8, 4) is 0 Å². The predicted molar refractivity (Wildman–Crippen MR) is 65.5 cm³/mol. The molecule has 0 fully saturated rings. The zero-order valence-corrected chi connectivity index (χ0v) is 10.5. The molecule has 11 heteroatoms. The van der Waals surface area contributed by atoms with Gasteiger partial charge in [0.2, 0.25) is 0 Å². The molecular weight excluding hydrogens is 293 g/mol. The second kappa shape index (κ2) is 10.4. The number of aliphatic carboxylic acids is 1. The second-order valence-corrected chi connectivity index (χ2v) is 4.33. The van der Waals surface area contributed by atoms with E-state index in [1.807, 2.05) is 12.2 Å². The molecule has 0 heterocycles. The van der Waals surface area contributed by atoms with Crippen LogP contribution in [0, 0.1) is 0 Å². The number of carboxylic acids is 1. The zero-order chi connectivity index (χ0) is 14.2. The molecule has 0 aliphatic rings. The van der Waals surface area contributed by atoms with Crippen molar-refractivity contribution in [2.75, 3.05) is 13.2 Å². The average molecular weight is 309 g/mol. The molecule has 0 aliphatic heterocycles. The first-order chi connectivity index (χ1) is 8.26. The number of rotatable bonds is 8. The van der Waals surface area contributed by atoms with Crippen LogP contribution < -0.4 is 5.32 Å². The standard InChI is InChI=1S/C8H15NO8S.Na.H/c1-2-3-4-16-8(12)9-6(7(10)11)5-17-18(13,14)15;;/h6H,2-5H2,1H3,(H,9,12)(H,10,11)(H,13,14,15);;/t6-;;/m0../s1. The van der Waals surface area contributed by atoms with Gasteiger partial charge >= 0.3 is 52.0 Å². The normalized spacial score (nSPS) is 12.1. The summed E-state index contributed by atoms with van der Waals surface area (Å²) in [5.41, 5.74) is 0. The molecule has 0 saturated heterocycles. The first kappa shape index (κ1) is 20.9. The van der Waals surface area contributed by atoms with Crippen molar-refractivity contribution >= 4 is 52.0 Å². The molecule has 0 rings (SSSR count). The van der Waals surface area contributed by atoms with Gasteiger partial charge in [-0.15, -0.1) is 0 Å². The van der Waals surface area contributed by atoms with Crippen LogP contribution in [-0.4, -0.2) is 79.0 Å². The molecule has 0 unspecified atom stereocenters. The number of amides is 1. The van der Waals surface area contributed by atoms with Crippen LogP contribution in [0.25, 0.3) is 0 Å². The molecule has 0 aliphatic carbocycles. The number of alkyl carbamates (subject to hydrolysis) is 1. The molecule has 0 spiro atoms. The van der Waals surface area contributed by atoms with E-state index in [-0.39, 0.29) is 36.2 Å². The predicted octanol–water partition coefficient (Wildman–Crippen LogP) is -0.863. The minimum atomic E-state index is -4.76. The monoisotopic (exact) mass is 309 g/mol. The number of carboxylic acid groups (broad SMARTS) is 1. The Kier molecular flexibility index (Phi) is 11.5. The number of unbranched alkanes of at least 4 members (excludes halogenated alkanes) is 1. The summed E-state index contributed by atoms with van der Waals surface area (Å²) >= 11 is 0. The van der Waals surface area contributed by atoms with Crippen molar-refractivity contribution in [2.24, 2.45) is 0 Å². The Morgan fingerprint density at radius 1 is 1.37 bits per heavy atom. The zero-order valence-electron chi connectivity index (χ0n) is 9.66. The Balaban J connectivity index is 0. The number of carbonyl (C=O) groups excluding carboxylic acids is 1. The molecule has 108 valence electrons. The second-order valence-electron chi connectivity index (χ2n) is 3.24. The number of nitrogens with one attached hydrogen (secondary N) is 1. The van der Waals surface area contributed by atoms with Gasteiger partial charge in [-0.3, -0.25) is 4.55 Å². The summed E-state index contributed by atoms with van der Waals surface area (Å²) in [6.07, 6.45) is 0.406. The number of hydrogen-bond acceptors (Lipinski definition) is 6. The van der Waals surface area contributed by atoms with E-state index in [1.165, 1.54) is 0 Å². The molecular formula is C8H16NNaO8S. The van der Waals surface area contributed by atoms with E-state index in [9.17, 15) is 18.0 Å². The van der Waals surface area contributed by atoms with Gasteiger partial charge in [-0.25, -0.2) is 13.8 Å². The minimum absolute atomic E-state index is 0. The van der Waals surface area contributed by atoms with Crippen molar-refractivity contribution in [1.29, 1.82) is 0 Å². The quantitative estimate of drug-likeness (QED) is 0.299. The molecule has 0 saturated carbocycles. The summed E-state index contributed by atoms with van der Waals surface area (Å²) in [4.78, 5) is 21.7. The van der Waals surface area contributed by atoms with E-state index in [1.54, 1.807) is 0 Å². The Labute approximate surface area is 132 Å². The fourth-order valence-electron chi connectivity index (χ4n) is 0.822. The molecule has 0 bridgehead atoms. The van der Waals surface area contributed by atoms with Gasteiger partial charge < -0.3 is 15.2 Å². The van der Waals surface area contributed by atoms with E-state index in [0.717, 1.165) is 6.42 Å². The van der Waals surface area contributed by atoms with Crippen LogP contribution in [0.4, 0.5) is 4.79 Å². The fourth-order valence-corrected chi connectivity index (χ4v) is 1.13. The first-order valence-corrected chi connectivity index (χ1v) is 6.40. The fraction of sp³-hybridized carbons (Fsp3) is 0.750. The van der Waals surface area contributed by atoms with E-state index in [2.05, 4.69) is 8.92 Å². The Bertz CT molecular complexity index is 384. The summed E-state index contributed by atoms with van der Waals surface area (Å²) in [5, 5.41) is 10.6. The van der Waals surface area contributed by atoms with E-state index in [0.29, 0.717) is 6.42 Å². The molecule has 1 atom stereocenters. The van der Waals surface area contributed by atoms with Crippen molar-refractivity contribution < 1.29 is 36.6 Å². The molecule has 0 aromatic heterocycles. The van der Waals surface area contributed by atoms with E-state index < -0.39 is 35.1 Å². The van der Waals surface area contributed by atoms with Gasteiger partial charge in [-0.1, -0.05) is 13.3 Å². The third kappa shape index (κ3) is 12.4. The van der Waals surface area contributed by atoms with Crippen LogP contribution in [0.15, 0.2) is 0 Å². The van der Waals surface area contributed by atoms with Crippen molar-refractivity contribution in [1.82, 2.24) is 5.32 Å². The van der Waals surface area contributed by atoms with Gasteiger partial charge in [0.25, 0.3) is 0 Å². The van der Waals surface area contributed by atoms with E-state index in [4.69, 9.17) is 9.66 Å². The number of hydrogen-bond donors (Lipinski definition) is 3. The molecule has 3 N–H and O–H groups in total. The van der Waals surface area contributed by atoms with Crippen LogP contribution in [0.3, 0.4) is 0 Å². The molecule has 0 aromatic carbocycles. The van der Waals surface area contributed by atoms with Crippen molar-refractivity contribution in [2.45, 2.75) is 25.8 Å². The topological polar surface area (TPSA) is 139 Å². The van der Waals surface area contributed by atoms with Gasteiger partial charge in [0.05, 0.1) is 13.2 Å². The van der Waals surface area contributed by atoms with Gasteiger partial charge in [-0.05, 0) is 6.42 Å². The molecule has 19 heavy (non-hydrogen) atoms. The van der Waals surface area contributed by atoms with Crippen LogP contribution in [-0.2, 0) is 24.1 Å². The Hall–Kier alpha value is -0.390. The third-order valence-electron chi connectivity index (χ3n) is 1.70. The van der Waals surface area contributed by atoms with Crippen molar-refractivity contribution in [3.05, 3.63) is 0 Å². The summed E-state index contributed by atoms with van der Waals surface area (Å²) in [6, 6.07) is -1.64. The maximum atomic E-state index is 11.1. The summed E-state index contributed by atoms with van der Waals surface area (Å²) in [5.74, 6) is -1.52. The third-order valence-corrected chi connectivity index (χ3v) is 2.14. The molecule has 0 aromatic rings. The van der Waals surface area contributed by atoms with Gasteiger partial charge in [0.15, 0.2) is 6.04 Å². The van der Waals surface area contributed by atoms with Crippen LogP contribution in [0.2, 0.25) is 0 Å². The van der Waals surface area contributed by atoms with Crippen molar-refractivity contribution in [3.63, 3.8) is 0 Å².